The third-order valence-corrected chi connectivity index (χ3v) is 10.3. The summed E-state index contributed by atoms with van der Waals surface area (Å²) in [5.74, 6) is -1.61. The Morgan fingerprint density at radius 2 is 1.80 bits per heavy atom. The van der Waals surface area contributed by atoms with Gasteiger partial charge < -0.3 is 15.0 Å². The molecule has 8 rings (SSSR count). The molecule has 11 nitrogen and oxygen atoms in total. The molecule has 4 aliphatic heterocycles. The molecule has 2 atom stereocenters. The number of nitrogens with zero attached hydrogens (tertiary/aromatic N) is 5. The zero-order chi connectivity index (χ0) is 34.0. The quantitative estimate of drug-likeness (QED) is 0.195. The Hall–Kier alpha value is -4.59. The van der Waals surface area contributed by atoms with Gasteiger partial charge in [-0.3, -0.25) is 29.3 Å². The molecule has 2 N–H and O–H groups in total. The number of hydrogen-bond acceptors (Lipinski definition) is 8. The molecule has 0 bridgehead atoms. The van der Waals surface area contributed by atoms with Crippen LogP contribution in [0.15, 0.2) is 48.9 Å². The van der Waals surface area contributed by atoms with Gasteiger partial charge in [-0.25, -0.2) is 13.8 Å². The molecule has 0 spiro atoms. The van der Waals surface area contributed by atoms with Gasteiger partial charge in [-0.2, -0.15) is 5.10 Å². The molecular weight excluding hydrogens is 679 g/mol. The average molecular weight is 709 g/mol. The van der Waals surface area contributed by atoms with Crippen molar-refractivity contribution in [2.24, 2.45) is 0 Å². The first-order valence-corrected chi connectivity index (χ1v) is 16.7. The van der Waals surface area contributed by atoms with Crippen molar-refractivity contribution >= 4 is 46.7 Å². The molecule has 0 saturated carbocycles. The van der Waals surface area contributed by atoms with E-state index >= 15 is 4.39 Å². The fraction of sp³-hybridized carbons (Fsp3) is 0.324. The lowest BCUT2D eigenvalue weighted by molar-refractivity contribution is -0.136. The van der Waals surface area contributed by atoms with Gasteiger partial charge in [0.25, 0.3) is 5.91 Å². The number of hydrogen-bond donors (Lipinski definition) is 2. The second-order valence-corrected chi connectivity index (χ2v) is 13.5. The van der Waals surface area contributed by atoms with Crippen molar-refractivity contribution in [3.8, 4) is 16.9 Å². The lowest BCUT2D eigenvalue weighted by Crippen LogP contribution is -2.52. The van der Waals surface area contributed by atoms with E-state index in [2.05, 4.69) is 25.6 Å². The number of benzene rings is 2. The molecule has 1 unspecified atom stereocenters. The highest BCUT2D eigenvalue weighted by Crippen LogP contribution is 2.43. The molecule has 0 aliphatic carbocycles. The van der Waals surface area contributed by atoms with Crippen LogP contribution in [-0.2, 0) is 22.7 Å². The average Bonchev–Trinajstić information content (AvgIpc) is 3.81. The van der Waals surface area contributed by atoms with Crippen molar-refractivity contribution in [2.75, 3.05) is 18.4 Å². The number of ether oxygens (including phenoxy) is 1. The minimum absolute atomic E-state index is 0.00300. The summed E-state index contributed by atoms with van der Waals surface area (Å²) < 4.78 is 37.3. The van der Waals surface area contributed by atoms with Crippen LogP contribution in [-0.4, -0.2) is 61.4 Å². The molecule has 0 radical (unpaired) electrons. The number of carbonyl (C=O) groups excluding carboxylic acids is 3. The molecule has 4 aliphatic rings. The third kappa shape index (κ3) is 5.79. The predicted octanol–water partition coefficient (Wildman–Crippen LogP) is 5.63. The van der Waals surface area contributed by atoms with E-state index < -0.39 is 35.7 Å². The van der Waals surface area contributed by atoms with Crippen LogP contribution in [0.4, 0.5) is 14.6 Å². The van der Waals surface area contributed by atoms with Crippen LogP contribution in [0.5, 0.6) is 5.75 Å². The number of piperidine rings is 2. The molecule has 6 heterocycles. The van der Waals surface area contributed by atoms with Crippen molar-refractivity contribution in [2.45, 2.75) is 57.1 Å². The summed E-state index contributed by atoms with van der Waals surface area (Å²) >= 11 is 12.5. The Kier molecular flexibility index (Phi) is 8.00. The van der Waals surface area contributed by atoms with E-state index in [1.807, 2.05) is 23.0 Å². The van der Waals surface area contributed by atoms with E-state index in [1.54, 1.807) is 12.4 Å². The largest absolute Gasteiger partial charge is 0.462 e. The Bertz CT molecular complexity index is 2030. The first kappa shape index (κ1) is 31.7. The van der Waals surface area contributed by atoms with Crippen LogP contribution in [0.1, 0.15) is 65.0 Å². The minimum Gasteiger partial charge on any atom is -0.462 e. The van der Waals surface area contributed by atoms with Crippen molar-refractivity contribution < 1.29 is 27.9 Å². The summed E-state index contributed by atoms with van der Waals surface area (Å²) in [6.07, 6.45) is 6.72. The van der Waals surface area contributed by atoms with Crippen molar-refractivity contribution in [1.29, 1.82) is 0 Å². The van der Waals surface area contributed by atoms with Crippen molar-refractivity contribution in [3.63, 3.8) is 0 Å². The van der Waals surface area contributed by atoms with Gasteiger partial charge in [-0.15, -0.1) is 0 Å². The second-order valence-electron chi connectivity index (χ2n) is 12.7. The topological polar surface area (TPSA) is 122 Å². The smallest absolute Gasteiger partial charge is 0.258 e. The number of rotatable bonds is 6. The zero-order valence-electron chi connectivity index (χ0n) is 25.9. The Morgan fingerprint density at radius 3 is 2.59 bits per heavy atom. The van der Waals surface area contributed by atoms with Crippen LogP contribution in [0.3, 0.4) is 0 Å². The third-order valence-electron chi connectivity index (χ3n) is 9.61. The summed E-state index contributed by atoms with van der Waals surface area (Å²) in [5.41, 5.74) is 3.29. The second kappa shape index (κ2) is 12.4. The maximum Gasteiger partial charge on any atom is 0.258 e. The van der Waals surface area contributed by atoms with Gasteiger partial charge in [0.15, 0.2) is 11.6 Å². The number of imide groups is 1. The molecule has 2 fully saturated rings. The summed E-state index contributed by atoms with van der Waals surface area (Å²) in [5, 5.41) is 10.2. The number of amides is 3. The molecule has 2 aromatic carbocycles. The molecule has 2 saturated heterocycles. The highest BCUT2D eigenvalue weighted by molar-refractivity contribution is 6.36. The van der Waals surface area contributed by atoms with Gasteiger partial charge in [0.05, 0.1) is 33.4 Å². The maximum atomic E-state index is 15.2. The Balaban J connectivity index is 0.892. The molecule has 2 aromatic heterocycles. The van der Waals surface area contributed by atoms with E-state index in [0.29, 0.717) is 29.2 Å². The van der Waals surface area contributed by atoms with E-state index in [1.165, 1.54) is 23.1 Å². The van der Waals surface area contributed by atoms with E-state index in [9.17, 15) is 18.8 Å². The standard InChI is InChI=1S/C34H29Cl2F2N7O4/c35-22-1-2-23(37)30(36)29(22)33-42-31-26(49-33)11-18(12-39-31)20-13-40-45(16-20)21-5-7-43(8-6-21)14-17-9-19-15-44(34(48)28(19)24(38)10-17)25-3-4-27(46)41-32(25)47/h1-2,9-13,16,21,25,33H,3-8,14-15H2,(H,39,42)(H,41,46,47)/t25?,33-/m0/s1. The molecule has 49 heavy (non-hydrogen) atoms. The Morgan fingerprint density at radius 1 is 0.980 bits per heavy atom. The van der Waals surface area contributed by atoms with Crippen LogP contribution in [0.25, 0.3) is 11.1 Å². The van der Waals surface area contributed by atoms with E-state index in [-0.39, 0.29) is 46.9 Å². The summed E-state index contributed by atoms with van der Waals surface area (Å²) in [4.78, 5) is 45.1. The highest BCUT2D eigenvalue weighted by atomic mass is 35.5. The number of likely N-dealkylation sites (tertiary alicyclic amines) is 1. The number of fused-ring (bicyclic) bond motifs is 2. The molecular formula is C34H29Cl2F2N7O4. The number of nitrogens with one attached hydrogen (secondary N) is 2. The van der Waals surface area contributed by atoms with E-state index in [0.717, 1.165) is 42.6 Å². The van der Waals surface area contributed by atoms with Crippen LogP contribution < -0.4 is 15.4 Å². The van der Waals surface area contributed by atoms with Gasteiger partial charge in [0.2, 0.25) is 18.0 Å². The molecule has 252 valence electrons. The van der Waals surface area contributed by atoms with Crippen molar-refractivity contribution in [3.05, 3.63) is 92.9 Å². The number of pyridine rings is 1. The highest BCUT2D eigenvalue weighted by Gasteiger charge is 2.41. The SMILES string of the molecule is O=C1CCC(N2Cc3cc(CN4CCC(n5cc(-c6cnc7c(c6)O[C@@H](c6c(Cl)ccc(F)c6Cl)N7)cn5)CC4)cc(F)c3C2=O)C(=O)N1. The number of carbonyl (C=O) groups is 3. The number of aromatic nitrogens is 3. The molecule has 3 amide bonds. The summed E-state index contributed by atoms with van der Waals surface area (Å²) in [6, 6.07) is 7.11. The fourth-order valence-electron chi connectivity index (χ4n) is 7.09. The number of anilines is 1. The van der Waals surface area contributed by atoms with Gasteiger partial charge in [0.1, 0.15) is 17.7 Å². The van der Waals surface area contributed by atoms with Gasteiger partial charge in [-0.05, 0) is 54.7 Å². The Labute approximate surface area is 289 Å². The van der Waals surface area contributed by atoms with Gasteiger partial charge in [-0.1, -0.05) is 29.3 Å². The monoisotopic (exact) mass is 707 g/mol. The minimum atomic E-state index is -0.787. The van der Waals surface area contributed by atoms with Crippen LogP contribution in [0.2, 0.25) is 10.0 Å². The summed E-state index contributed by atoms with van der Waals surface area (Å²) in [7, 11) is 0. The van der Waals surface area contributed by atoms with Crippen LogP contribution in [0, 0.1) is 11.6 Å². The normalized spacial score (nSPS) is 21.0. The lowest BCUT2D eigenvalue weighted by atomic mass is 10.0. The van der Waals surface area contributed by atoms with E-state index in [4.69, 9.17) is 27.9 Å². The lowest BCUT2D eigenvalue weighted by Gasteiger charge is -2.32. The number of halogens is 4. The molecule has 4 aromatic rings. The molecule has 15 heteroatoms. The zero-order valence-corrected chi connectivity index (χ0v) is 27.4. The summed E-state index contributed by atoms with van der Waals surface area (Å²) in [6.45, 7) is 2.20. The first-order chi connectivity index (χ1) is 23.6. The van der Waals surface area contributed by atoms with Gasteiger partial charge >= 0.3 is 0 Å². The van der Waals surface area contributed by atoms with Gasteiger partial charge in [0, 0.05) is 56.1 Å². The maximum absolute atomic E-state index is 15.2. The fourth-order valence-corrected chi connectivity index (χ4v) is 7.66. The predicted molar refractivity (Wildman–Crippen MR) is 175 cm³/mol. The first-order valence-electron chi connectivity index (χ1n) is 15.9. The van der Waals surface area contributed by atoms with Crippen molar-refractivity contribution in [1.82, 2.24) is 29.9 Å². The van der Waals surface area contributed by atoms with Crippen LogP contribution >= 0.6 is 23.2 Å².